The number of aryl methyl sites for hydroxylation is 1. The molecule has 0 atom stereocenters. The quantitative estimate of drug-likeness (QED) is 0.930. The van der Waals surface area contributed by atoms with Crippen LogP contribution in [-0.4, -0.2) is 16.2 Å². The molecule has 3 rings (SSSR count). The molecule has 0 bridgehead atoms. The van der Waals surface area contributed by atoms with Crippen LogP contribution in [0.25, 0.3) is 11.3 Å². The van der Waals surface area contributed by atoms with Crippen LogP contribution in [0.1, 0.15) is 41.0 Å². The summed E-state index contributed by atoms with van der Waals surface area (Å²) in [6.45, 7) is 4.40. The molecule has 1 heterocycles. The number of nitrogens with zero attached hydrogens (tertiary/aromatic N) is 1. The summed E-state index contributed by atoms with van der Waals surface area (Å²) in [6, 6.07) is 6.33. The lowest BCUT2D eigenvalue weighted by Gasteiger charge is -2.16. The van der Waals surface area contributed by atoms with Crippen LogP contribution < -0.4 is 0 Å². The summed E-state index contributed by atoms with van der Waals surface area (Å²) < 4.78 is 5.26. The maximum atomic E-state index is 11.1. The van der Waals surface area contributed by atoms with Crippen molar-refractivity contribution in [2.45, 2.75) is 33.1 Å². The molecule has 0 radical (unpaired) electrons. The van der Waals surface area contributed by atoms with Gasteiger partial charge in [-0.25, -0.2) is 4.79 Å². The molecule has 2 aromatic rings. The van der Waals surface area contributed by atoms with Gasteiger partial charge >= 0.3 is 5.97 Å². The van der Waals surface area contributed by atoms with E-state index < -0.39 is 5.97 Å². The third-order valence-electron chi connectivity index (χ3n) is 3.69. The molecule has 1 N–H and O–H groups in total. The van der Waals surface area contributed by atoms with E-state index in [1.165, 1.54) is 11.1 Å². The van der Waals surface area contributed by atoms with Crippen molar-refractivity contribution in [3.63, 3.8) is 0 Å². The zero-order valence-corrected chi connectivity index (χ0v) is 11.6. The molecule has 0 aliphatic heterocycles. The summed E-state index contributed by atoms with van der Waals surface area (Å²) in [7, 11) is 0. The third kappa shape index (κ3) is 2.11. The van der Waals surface area contributed by atoms with Gasteiger partial charge < -0.3 is 9.63 Å². The van der Waals surface area contributed by atoms with Gasteiger partial charge in [0.25, 0.3) is 0 Å². The first-order chi connectivity index (χ1) is 9.56. The van der Waals surface area contributed by atoms with E-state index in [9.17, 15) is 4.79 Å². The Bertz CT molecular complexity index is 670. The topological polar surface area (TPSA) is 63.3 Å². The number of aromatic carboxylic acids is 1. The molecule has 4 nitrogen and oxygen atoms in total. The van der Waals surface area contributed by atoms with Gasteiger partial charge in [0.2, 0.25) is 0 Å². The highest BCUT2D eigenvalue weighted by atomic mass is 16.5. The number of carbonyl (C=O) groups is 1. The number of fused-ring (bicyclic) bond motifs is 3. The number of carboxylic acid groups (broad SMARTS) is 1. The molecule has 0 fully saturated rings. The minimum absolute atomic E-state index is 0.0527. The fourth-order valence-corrected chi connectivity index (χ4v) is 2.85. The summed E-state index contributed by atoms with van der Waals surface area (Å²) in [5, 5.41) is 12.8. The predicted molar refractivity (Wildman–Crippen MR) is 74.8 cm³/mol. The number of benzene rings is 1. The first-order valence-corrected chi connectivity index (χ1v) is 6.90. The summed E-state index contributed by atoms with van der Waals surface area (Å²) in [5.74, 6) is 0.228. The van der Waals surface area contributed by atoms with Crippen LogP contribution >= 0.6 is 0 Å². The molecule has 4 heteroatoms. The molecule has 0 saturated heterocycles. The minimum atomic E-state index is -1.02. The molecular formula is C16H17NO3. The van der Waals surface area contributed by atoms with Crippen LogP contribution in [0, 0.1) is 5.92 Å². The fraction of sp³-hybridized carbons (Fsp3) is 0.375. The van der Waals surface area contributed by atoms with E-state index >= 15 is 0 Å². The molecule has 0 spiro atoms. The van der Waals surface area contributed by atoms with E-state index in [2.05, 4.69) is 31.1 Å². The zero-order chi connectivity index (χ0) is 14.3. The Kier molecular flexibility index (Phi) is 3.08. The highest BCUT2D eigenvalue weighted by Crippen LogP contribution is 2.36. The lowest BCUT2D eigenvalue weighted by molar-refractivity contribution is 0.0685. The number of rotatable bonds is 3. The van der Waals surface area contributed by atoms with Crippen LogP contribution in [0.3, 0.4) is 0 Å². The van der Waals surface area contributed by atoms with Crippen molar-refractivity contribution in [1.82, 2.24) is 5.16 Å². The first kappa shape index (κ1) is 12.9. The highest BCUT2D eigenvalue weighted by Gasteiger charge is 2.27. The molecule has 104 valence electrons. The molecule has 20 heavy (non-hydrogen) atoms. The standard InChI is InChI=1S/C16H17NO3/c1-9(2)7-10-3-5-12-11(8-10)4-6-13-14(16(18)19)17-20-15(12)13/h3,5,8-9H,4,6-7H2,1-2H3,(H,18,19). The van der Waals surface area contributed by atoms with Gasteiger partial charge in [0, 0.05) is 11.1 Å². The molecule has 0 unspecified atom stereocenters. The molecule has 1 aliphatic carbocycles. The number of hydrogen-bond acceptors (Lipinski definition) is 3. The summed E-state index contributed by atoms with van der Waals surface area (Å²) in [6.07, 6.45) is 2.57. The van der Waals surface area contributed by atoms with E-state index in [-0.39, 0.29) is 5.69 Å². The summed E-state index contributed by atoms with van der Waals surface area (Å²) in [4.78, 5) is 11.1. The summed E-state index contributed by atoms with van der Waals surface area (Å²) in [5.41, 5.74) is 4.31. The van der Waals surface area contributed by atoms with Gasteiger partial charge in [0.15, 0.2) is 11.5 Å². The van der Waals surface area contributed by atoms with E-state index in [4.69, 9.17) is 9.63 Å². The second-order valence-corrected chi connectivity index (χ2v) is 5.73. The number of hydrogen-bond donors (Lipinski definition) is 1. The summed E-state index contributed by atoms with van der Waals surface area (Å²) >= 11 is 0. The van der Waals surface area contributed by atoms with Crippen molar-refractivity contribution >= 4 is 5.97 Å². The average molecular weight is 271 g/mol. The van der Waals surface area contributed by atoms with Crippen LogP contribution in [0.15, 0.2) is 22.7 Å². The van der Waals surface area contributed by atoms with Gasteiger partial charge in [-0.1, -0.05) is 37.2 Å². The zero-order valence-electron chi connectivity index (χ0n) is 11.6. The van der Waals surface area contributed by atoms with Crippen LogP contribution in [0.5, 0.6) is 0 Å². The second kappa shape index (κ2) is 4.78. The van der Waals surface area contributed by atoms with Crippen molar-refractivity contribution < 1.29 is 14.4 Å². The van der Waals surface area contributed by atoms with E-state index in [1.54, 1.807) is 0 Å². The van der Waals surface area contributed by atoms with Crippen molar-refractivity contribution in [1.29, 1.82) is 0 Å². The molecular weight excluding hydrogens is 254 g/mol. The van der Waals surface area contributed by atoms with Crippen LogP contribution in [-0.2, 0) is 19.3 Å². The largest absolute Gasteiger partial charge is 0.476 e. The fourth-order valence-electron chi connectivity index (χ4n) is 2.85. The molecule has 1 aromatic heterocycles. The Hall–Kier alpha value is -2.10. The van der Waals surface area contributed by atoms with Gasteiger partial charge in [0.05, 0.1) is 0 Å². The maximum Gasteiger partial charge on any atom is 0.358 e. The Morgan fingerprint density at radius 1 is 1.40 bits per heavy atom. The predicted octanol–water partition coefficient (Wildman–Crippen LogP) is 3.34. The van der Waals surface area contributed by atoms with E-state index in [0.29, 0.717) is 18.1 Å². The SMILES string of the molecule is CC(C)Cc1ccc2c(c1)CCc1c(C(=O)O)noc1-2. The van der Waals surface area contributed by atoms with Crippen molar-refractivity contribution in [3.8, 4) is 11.3 Å². The van der Waals surface area contributed by atoms with Gasteiger partial charge in [-0.2, -0.15) is 0 Å². The van der Waals surface area contributed by atoms with Crippen molar-refractivity contribution in [2.24, 2.45) is 5.92 Å². The van der Waals surface area contributed by atoms with Crippen LogP contribution in [0.2, 0.25) is 0 Å². The molecule has 0 amide bonds. The Morgan fingerprint density at radius 2 is 2.20 bits per heavy atom. The van der Waals surface area contributed by atoms with Crippen LogP contribution in [0.4, 0.5) is 0 Å². The lowest BCUT2D eigenvalue weighted by atomic mass is 9.87. The van der Waals surface area contributed by atoms with E-state index in [0.717, 1.165) is 24.0 Å². The smallest absolute Gasteiger partial charge is 0.358 e. The first-order valence-electron chi connectivity index (χ1n) is 6.90. The molecule has 1 aromatic carbocycles. The highest BCUT2D eigenvalue weighted by molar-refractivity contribution is 5.89. The van der Waals surface area contributed by atoms with Crippen molar-refractivity contribution in [2.75, 3.05) is 0 Å². The molecule has 0 saturated carbocycles. The van der Waals surface area contributed by atoms with Crippen molar-refractivity contribution in [3.05, 3.63) is 40.6 Å². The van der Waals surface area contributed by atoms with E-state index in [1.807, 2.05) is 6.07 Å². The molecule has 1 aliphatic rings. The van der Waals surface area contributed by atoms with Gasteiger partial charge in [-0.05, 0) is 36.3 Å². The Balaban J connectivity index is 2.03. The Morgan fingerprint density at radius 3 is 2.90 bits per heavy atom. The average Bonchev–Trinajstić information content (AvgIpc) is 2.81. The van der Waals surface area contributed by atoms with Gasteiger partial charge in [-0.3, -0.25) is 0 Å². The van der Waals surface area contributed by atoms with Gasteiger partial charge in [-0.15, -0.1) is 0 Å². The number of aromatic nitrogens is 1. The monoisotopic (exact) mass is 271 g/mol. The maximum absolute atomic E-state index is 11.1. The second-order valence-electron chi connectivity index (χ2n) is 5.73. The third-order valence-corrected chi connectivity index (χ3v) is 3.69. The number of carboxylic acids is 1. The minimum Gasteiger partial charge on any atom is -0.476 e. The Labute approximate surface area is 117 Å². The lowest BCUT2D eigenvalue weighted by Crippen LogP contribution is -2.08. The van der Waals surface area contributed by atoms with Gasteiger partial charge in [0.1, 0.15) is 0 Å². The normalized spacial score (nSPS) is 13.2.